The lowest BCUT2D eigenvalue weighted by atomic mass is 9.70. The van der Waals surface area contributed by atoms with Crippen LogP contribution in [0.4, 0.5) is 5.69 Å². The van der Waals surface area contributed by atoms with Crippen LogP contribution >= 0.6 is 0 Å². The SMILES string of the molecule is Cc1conc1C(=O)N[C@H](C(=O)Nc1cccc(C2(C(O)NCC3(C)CCC3)CCOC2)c1)C(C1CC1)C1CC1. The molecule has 2 heterocycles. The van der Waals surface area contributed by atoms with Crippen molar-refractivity contribution in [2.45, 2.75) is 82.9 Å². The van der Waals surface area contributed by atoms with Crippen molar-refractivity contribution in [3.63, 3.8) is 0 Å². The highest BCUT2D eigenvalue weighted by Gasteiger charge is 2.49. The fourth-order valence-corrected chi connectivity index (χ4v) is 6.75. The Morgan fingerprint density at radius 2 is 1.90 bits per heavy atom. The van der Waals surface area contributed by atoms with Gasteiger partial charge >= 0.3 is 0 Å². The largest absolute Gasteiger partial charge is 0.380 e. The minimum Gasteiger partial charge on any atom is -0.380 e. The molecule has 0 spiro atoms. The maximum absolute atomic E-state index is 13.9. The van der Waals surface area contributed by atoms with E-state index < -0.39 is 17.7 Å². The van der Waals surface area contributed by atoms with E-state index in [0.29, 0.717) is 42.7 Å². The van der Waals surface area contributed by atoms with Crippen LogP contribution in [0.15, 0.2) is 35.1 Å². The minimum atomic E-state index is -0.759. The van der Waals surface area contributed by atoms with Crippen molar-refractivity contribution in [3.05, 3.63) is 47.3 Å². The Bertz CT molecular complexity index is 1210. The number of amides is 2. The number of hydrogen-bond acceptors (Lipinski definition) is 7. The molecule has 2 amide bonds. The summed E-state index contributed by atoms with van der Waals surface area (Å²) in [6, 6.07) is 7.07. The molecule has 1 saturated heterocycles. The lowest BCUT2D eigenvalue weighted by Crippen LogP contribution is -2.52. The Hall–Kier alpha value is -2.75. The zero-order valence-electron chi connectivity index (χ0n) is 23.6. The topological polar surface area (TPSA) is 126 Å². The fourth-order valence-electron chi connectivity index (χ4n) is 6.75. The standard InChI is InChI=1S/C31H42N4O5/c1-19-16-40-35-25(19)27(36)34-26(24(20-7-8-20)21-9-10-21)28(37)33-23-6-3-5-22(15-23)31(13-14-39-18-31)29(38)32-17-30(2)11-4-12-30/h3,5-6,15-16,20-21,24,26,29,32,38H,4,7-14,17-18H2,1-2H3,(H,33,37)(H,34,36)/t26-,29?,31?/m0/s1. The van der Waals surface area contributed by atoms with Gasteiger partial charge in [0, 0.05) is 24.4 Å². The Kier molecular flexibility index (Phi) is 7.48. The van der Waals surface area contributed by atoms with Crippen LogP contribution in [0.1, 0.15) is 79.9 Å². The number of hydrogen-bond donors (Lipinski definition) is 4. The molecule has 4 N–H and O–H groups in total. The van der Waals surface area contributed by atoms with Gasteiger partial charge in [0.15, 0.2) is 5.69 Å². The van der Waals surface area contributed by atoms with Gasteiger partial charge in [0.25, 0.3) is 5.91 Å². The van der Waals surface area contributed by atoms with Crippen molar-refractivity contribution < 1.29 is 24.0 Å². The van der Waals surface area contributed by atoms with Crippen molar-refractivity contribution in [1.82, 2.24) is 15.8 Å². The van der Waals surface area contributed by atoms with E-state index in [1.165, 1.54) is 25.5 Å². The van der Waals surface area contributed by atoms with Gasteiger partial charge in [-0.2, -0.15) is 0 Å². The normalized spacial score (nSPS) is 25.3. The molecule has 1 aromatic heterocycles. The Balaban J connectivity index is 1.21. The average Bonchev–Trinajstić information content (AvgIpc) is 3.85. The summed E-state index contributed by atoms with van der Waals surface area (Å²) in [4.78, 5) is 27.0. The second kappa shape index (κ2) is 10.9. The number of benzene rings is 1. The monoisotopic (exact) mass is 550 g/mol. The summed E-state index contributed by atoms with van der Waals surface area (Å²) in [5.74, 6) is 0.399. The molecule has 0 radical (unpaired) electrons. The summed E-state index contributed by atoms with van der Waals surface area (Å²) >= 11 is 0. The van der Waals surface area contributed by atoms with Crippen LogP contribution in [-0.2, 0) is 14.9 Å². The zero-order valence-corrected chi connectivity index (χ0v) is 23.6. The lowest BCUT2D eigenvalue weighted by Gasteiger charge is -2.41. The third-order valence-electron chi connectivity index (χ3n) is 9.81. The number of anilines is 1. The summed E-state index contributed by atoms with van der Waals surface area (Å²) in [5.41, 5.74) is 2.08. The molecule has 3 aliphatic carbocycles. The predicted octanol–water partition coefficient (Wildman–Crippen LogP) is 3.91. The van der Waals surface area contributed by atoms with Gasteiger partial charge in [-0.25, -0.2) is 0 Å². The van der Waals surface area contributed by atoms with Crippen LogP contribution < -0.4 is 16.0 Å². The summed E-state index contributed by atoms with van der Waals surface area (Å²) in [5, 5.41) is 24.8. The first-order chi connectivity index (χ1) is 19.3. The molecular formula is C31H42N4O5. The summed E-state index contributed by atoms with van der Waals surface area (Å²) in [6.07, 6.45) is 9.32. The van der Waals surface area contributed by atoms with Crippen molar-refractivity contribution in [2.24, 2.45) is 23.2 Å². The van der Waals surface area contributed by atoms with Gasteiger partial charge in [-0.3, -0.25) is 14.9 Å². The number of aryl methyl sites for hydroxylation is 1. The van der Waals surface area contributed by atoms with E-state index >= 15 is 0 Å². The molecule has 0 bridgehead atoms. The molecule has 4 aliphatic rings. The van der Waals surface area contributed by atoms with Gasteiger partial charge < -0.3 is 25.0 Å². The van der Waals surface area contributed by atoms with Gasteiger partial charge in [-0.1, -0.05) is 30.6 Å². The molecule has 4 fully saturated rings. The number of aliphatic hydroxyl groups excluding tert-OH is 1. The molecule has 1 aliphatic heterocycles. The predicted molar refractivity (Wildman–Crippen MR) is 150 cm³/mol. The number of aliphatic hydroxyl groups is 1. The van der Waals surface area contributed by atoms with E-state index in [0.717, 1.165) is 37.8 Å². The fraction of sp³-hybridized carbons (Fsp3) is 0.645. The van der Waals surface area contributed by atoms with Gasteiger partial charge in [-0.05, 0) is 92.7 Å². The third-order valence-corrected chi connectivity index (χ3v) is 9.81. The number of nitrogens with one attached hydrogen (secondary N) is 3. The molecule has 1 aromatic carbocycles. The molecule has 3 atom stereocenters. The summed E-state index contributed by atoms with van der Waals surface area (Å²) in [7, 11) is 0. The maximum Gasteiger partial charge on any atom is 0.274 e. The second-order valence-corrected chi connectivity index (χ2v) is 13.0. The number of aromatic nitrogens is 1. The highest BCUT2D eigenvalue weighted by molar-refractivity contribution is 6.01. The highest BCUT2D eigenvalue weighted by atomic mass is 16.5. The molecule has 9 heteroatoms. The molecule has 216 valence electrons. The van der Waals surface area contributed by atoms with E-state index in [2.05, 4.69) is 28.0 Å². The van der Waals surface area contributed by atoms with E-state index in [-0.39, 0.29) is 28.8 Å². The third kappa shape index (κ3) is 5.56. The maximum atomic E-state index is 13.9. The number of rotatable bonds is 12. The molecule has 6 rings (SSSR count). The zero-order chi connectivity index (χ0) is 27.9. The van der Waals surface area contributed by atoms with Gasteiger partial charge in [-0.15, -0.1) is 0 Å². The van der Waals surface area contributed by atoms with Crippen molar-refractivity contribution in [1.29, 1.82) is 0 Å². The molecule has 40 heavy (non-hydrogen) atoms. The minimum absolute atomic E-state index is 0.104. The summed E-state index contributed by atoms with van der Waals surface area (Å²) < 4.78 is 10.8. The Morgan fingerprint density at radius 3 is 2.48 bits per heavy atom. The molecule has 9 nitrogen and oxygen atoms in total. The molecule has 2 unspecified atom stereocenters. The van der Waals surface area contributed by atoms with Crippen LogP contribution in [0.2, 0.25) is 0 Å². The molecular weight excluding hydrogens is 508 g/mol. The van der Waals surface area contributed by atoms with Crippen molar-refractivity contribution in [3.8, 4) is 0 Å². The first-order valence-corrected chi connectivity index (χ1v) is 14.9. The van der Waals surface area contributed by atoms with Crippen molar-refractivity contribution in [2.75, 3.05) is 25.1 Å². The van der Waals surface area contributed by atoms with E-state index in [1.807, 2.05) is 24.3 Å². The van der Waals surface area contributed by atoms with Gasteiger partial charge in [0.1, 0.15) is 18.5 Å². The van der Waals surface area contributed by atoms with Crippen LogP contribution in [0.3, 0.4) is 0 Å². The first kappa shape index (κ1) is 27.4. The van der Waals surface area contributed by atoms with Gasteiger partial charge in [0.05, 0.1) is 12.0 Å². The van der Waals surface area contributed by atoms with Crippen LogP contribution in [0, 0.1) is 30.1 Å². The Morgan fingerprint density at radius 1 is 1.15 bits per heavy atom. The average molecular weight is 551 g/mol. The van der Waals surface area contributed by atoms with E-state index in [1.54, 1.807) is 6.92 Å². The second-order valence-electron chi connectivity index (χ2n) is 13.0. The number of carbonyl (C=O) groups excluding carboxylic acids is 2. The first-order valence-electron chi connectivity index (χ1n) is 14.9. The van der Waals surface area contributed by atoms with Crippen LogP contribution in [-0.4, -0.2) is 54.1 Å². The number of carbonyl (C=O) groups is 2. The number of nitrogens with zero attached hydrogens (tertiary/aromatic N) is 1. The van der Waals surface area contributed by atoms with Crippen LogP contribution in [0.5, 0.6) is 0 Å². The van der Waals surface area contributed by atoms with E-state index in [9.17, 15) is 14.7 Å². The van der Waals surface area contributed by atoms with E-state index in [4.69, 9.17) is 9.26 Å². The highest BCUT2D eigenvalue weighted by Crippen LogP contribution is 2.51. The smallest absolute Gasteiger partial charge is 0.274 e. The summed E-state index contributed by atoms with van der Waals surface area (Å²) in [6.45, 7) is 5.79. The quantitative estimate of drug-likeness (QED) is 0.295. The molecule has 3 saturated carbocycles. The Labute approximate surface area is 235 Å². The lowest BCUT2D eigenvalue weighted by molar-refractivity contribution is -0.119. The van der Waals surface area contributed by atoms with Gasteiger partial charge in [0.2, 0.25) is 5.91 Å². The molecule has 2 aromatic rings. The van der Waals surface area contributed by atoms with Crippen molar-refractivity contribution >= 4 is 17.5 Å². The van der Waals surface area contributed by atoms with Crippen LogP contribution in [0.25, 0.3) is 0 Å². The number of ether oxygens (including phenoxy) is 1.